The third-order valence-corrected chi connectivity index (χ3v) is 4.70. The standard InChI is InChI=1S/C17H18N2O3S/c20-16(21)14(10-12-7-9-23-11-12)18-17(22)19-8-3-5-13-4-1-2-6-15(13)19/h1-2,4,6-7,9,11,14H,3,5,8,10H2,(H,18,22)(H,20,21). The number of thiophene rings is 1. The molecule has 5 nitrogen and oxygen atoms in total. The number of benzene rings is 1. The molecule has 1 unspecified atom stereocenters. The van der Waals surface area contributed by atoms with Gasteiger partial charge >= 0.3 is 12.0 Å². The van der Waals surface area contributed by atoms with Crippen LogP contribution in [0.4, 0.5) is 10.5 Å². The molecule has 0 saturated heterocycles. The Morgan fingerprint density at radius 1 is 1.30 bits per heavy atom. The number of para-hydroxylation sites is 1. The molecule has 1 aliphatic rings. The molecule has 2 heterocycles. The van der Waals surface area contributed by atoms with Crippen LogP contribution in [-0.2, 0) is 17.6 Å². The number of anilines is 1. The van der Waals surface area contributed by atoms with Crippen molar-refractivity contribution < 1.29 is 14.7 Å². The first-order valence-electron chi connectivity index (χ1n) is 7.55. The lowest BCUT2D eigenvalue weighted by Gasteiger charge is -2.30. The summed E-state index contributed by atoms with van der Waals surface area (Å²) < 4.78 is 0. The van der Waals surface area contributed by atoms with Crippen LogP contribution in [0.3, 0.4) is 0 Å². The highest BCUT2D eigenvalue weighted by atomic mass is 32.1. The quantitative estimate of drug-likeness (QED) is 0.905. The number of aliphatic carboxylic acids is 1. The molecule has 1 aliphatic heterocycles. The number of hydrogen-bond donors (Lipinski definition) is 2. The average molecular weight is 330 g/mol. The molecule has 1 aromatic heterocycles. The van der Waals surface area contributed by atoms with Gasteiger partial charge in [-0.1, -0.05) is 18.2 Å². The second-order valence-electron chi connectivity index (χ2n) is 5.56. The molecule has 0 fully saturated rings. The van der Waals surface area contributed by atoms with Gasteiger partial charge in [0.2, 0.25) is 0 Å². The fourth-order valence-corrected chi connectivity index (χ4v) is 3.50. The smallest absolute Gasteiger partial charge is 0.326 e. The van der Waals surface area contributed by atoms with Crippen LogP contribution in [0.15, 0.2) is 41.1 Å². The van der Waals surface area contributed by atoms with E-state index in [4.69, 9.17) is 0 Å². The molecule has 0 radical (unpaired) electrons. The van der Waals surface area contributed by atoms with Crippen LogP contribution in [0, 0.1) is 0 Å². The predicted octanol–water partition coefficient (Wildman–Crippen LogP) is 2.91. The Bertz CT molecular complexity index is 700. The minimum absolute atomic E-state index is 0.292. The van der Waals surface area contributed by atoms with Crippen LogP contribution >= 0.6 is 11.3 Å². The molecule has 120 valence electrons. The van der Waals surface area contributed by atoms with E-state index in [9.17, 15) is 14.7 Å². The lowest BCUT2D eigenvalue weighted by molar-refractivity contribution is -0.139. The Morgan fingerprint density at radius 3 is 2.87 bits per heavy atom. The molecule has 3 rings (SSSR count). The van der Waals surface area contributed by atoms with Crippen LogP contribution < -0.4 is 10.2 Å². The van der Waals surface area contributed by atoms with Crippen molar-refractivity contribution in [2.75, 3.05) is 11.4 Å². The summed E-state index contributed by atoms with van der Waals surface area (Å²) in [6.07, 6.45) is 2.12. The largest absolute Gasteiger partial charge is 0.480 e. The summed E-state index contributed by atoms with van der Waals surface area (Å²) in [7, 11) is 0. The molecule has 1 aromatic carbocycles. The van der Waals surface area contributed by atoms with Crippen molar-refractivity contribution in [3.05, 3.63) is 52.2 Å². The summed E-state index contributed by atoms with van der Waals surface area (Å²) in [5.41, 5.74) is 2.91. The molecular formula is C17H18N2O3S. The van der Waals surface area contributed by atoms with E-state index in [-0.39, 0.29) is 6.03 Å². The van der Waals surface area contributed by atoms with Gasteiger partial charge in [0.25, 0.3) is 0 Å². The number of amides is 2. The number of nitrogens with one attached hydrogen (secondary N) is 1. The fraction of sp³-hybridized carbons (Fsp3) is 0.294. The van der Waals surface area contributed by atoms with E-state index in [0.717, 1.165) is 29.7 Å². The number of rotatable bonds is 4. The lowest BCUT2D eigenvalue weighted by Crippen LogP contribution is -2.50. The molecule has 0 saturated carbocycles. The van der Waals surface area contributed by atoms with Crippen molar-refractivity contribution in [2.45, 2.75) is 25.3 Å². The van der Waals surface area contributed by atoms with Crippen molar-refractivity contribution in [3.8, 4) is 0 Å². The zero-order valence-electron chi connectivity index (χ0n) is 12.6. The molecule has 2 N–H and O–H groups in total. The Labute approximate surface area is 138 Å². The number of carbonyl (C=O) groups is 2. The third kappa shape index (κ3) is 3.53. The SMILES string of the molecule is O=C(O)C(Cc1ccsc1)NC(=O)N1CCCc2ccccc21. The van der Waals surface area contributed by atoms with Gasteiger partial charge in [-0.15, -0.1) is 0 Å². The Kier molecular flexibility index (Phi) is 4.62. The highest BCUT2D eigenvalue weighted by Gasteiger charge is 2.27. The Hall–Kier alpha value is -2.34. The highest BCUT2D eigenvalue weighted by Crippen LogP contribution is 2.26. The van der Waals surface area contributed by atoms with Crippen LogP contribution in [-0.4, -0.2) is 29.7 Å². The molecule has 2 aromatic rings. The van der Waals surface area contributed by atoms with E-state index in [1.165, 1.54) is 11.3 Å². The zero-order valence-corrected chi connectivity index (χ0v) is 13.4. The minimum Gasteiger partial charge on any atom is -0.480 e. The van der Waals surface area contributed by atoms with E-state index in [0.29, 0.717) is 13.0 Å². The Balaban J connectivity index is 1.74. The van der Waals surface area contributed by atoms with E-state index >= 15 is 0 Å². The minimum atomic E-state index is -1.02. The number of fused-ring (bicyclic) bond motifs is 1. The maximum absolute atomic E-state index is 12.6. The summed E-state index contributed by atoms with van der Waals surface area (Å²) in [6.45, 7) is 0.605. The second-order valence-corrected chi connectivity index (χ2v) is 6.34. The lowest BCUT2D eigenvalue weighted by atomic mass is 10.0. The van der Waals surface area contributed by atoms with Gasteiger partial charge in [0.05, 0.1) is 0 Å². The van der Waals surface area contributed by atoms with Gasteiger partial charge in [-0.05, 0) is 46.9 Å². The van der Waals surface area contributed by atoms with Crippen LogP contribution in [0.2, 0.25) is 0 Å². The average Bonchev–Trinajstić information content (AvgIpc) is 3.06. The fourth-order valence-electron chi connectivity index (χ4n) is 2.82. The monoisotopic (exact) mass is 330 g/mol. The molecule has 6 heteroatoms. The van der Waals surface area contributed by atoms with E-state index in [1.54, 1.807) is 4.90 Å². The maximum atomic E-state index is 12.6. The predicted molar refractivity (Wildman–Crippen MR) is 90.1 cm³/mol. The first-order chi connectivity index (χ1) is 11.1. The van der Waals surface area contributed by atoms with Gasteiger partial charge in [0.1, 0.15) is 6.04 Å². The van der Waals surface area contributed by atoms with Crippen LogP contribution in [0.1, 0.15) is 17.5 Å². The second kappa shape index (κ2) is 6.83. The van der Waals surface area contributed by atoms with Gasteiger partial charge in [-0.25, -0.2) is 9.59 Å². The summed E-state index contributed by atoms with van der Waals surface area (Å²) in [5.74, 6) is -1.02. The van der Waals surface area contributed by atoms with Crippen molar-refractivity contribution in [2.24, 2.45) is 0 Å². The number of urea groups is 1. The van der Waals surface area contributed by atoms with Crippen molar-refractivity contribution in [1.82, 2.24) is 5.32 Å². The summed E-state index contributed by atoms with van der Waals surface area (Å²) in [6, 6.07) is 8.37. The number of carbonyl (C=O) groups excluding carboxylic acids is 1. The van der Waals surface area contributed by atoms with Crippen molar-refractivity contribution >= 4 is 29.0 Å². The van der Waals surface area contributed by atoms with E-state index in [2.05, 4.69) is 5.32 Å². The molecule has 2 amide bonds. The topological polar surface area (TPSA) is 69.6 Å². The molecule has 0 aliphatic carbocycles. The normalized spacial score (nSPS) is 14.9. The first kappa shape index (κ1) is 15.6. The molecule has 0 spiro atoms. The van der Waals surface area contributed by atoms with Gasteiger partial charge < -0.3 is 10.4 Å². The van der Waals surface area contributed by atoms with Crippen LogP contribution in [0.25, 0.3) is 0 Å². The van der Waals surface area contributed by atoms with Crippen molar-refractivity contribution in [1.29, 1.82) is 0 Å². The molecular weight excluding hydrogens is 312 g/mol. The van der Waals surface area contributed by atoms with E-state index < -0.39 is 12.0 Å². The number of hydrogen-bond acceptors (Lipinski definition) is 3. The van der Waals surface area contributed by atoms with Gasteiger partial charge in [0, 0.05) is 18.7 Å². The highest BCUT2D eigenvalue weighted by molar-refractivity contribution is 7.07. The van der Waals surface area contributed by atoms with E-state index in [1.807, 2.05) is 41.1 Å². The zero-order chi connectivity index (χ0) is 16.2. The van der Waals surface area contributed by atoms with Crippen molar-refractivity contribution in [3.63, 3.8) is 0 Å². The molecule has 23 heavy (non-hydrogen) atoms. The van der Waals surface area contributed by atoms with Gasteiger partial charge in [-0.2, -0.15) is 11.3 Å². The molecule has 0 bridgehead atoms. The molecule has 1 atom stereocenters. The van der Waals surface area contributed by atoms with Gasteiger partial charge in [-0.3, -0.25) is 4.90 Å². The number of nitrogens with zero attached hydrogens (tertiary/aromatic N) is 1. The third-order valence-electron chi connectivity index (χ3n) is 3.97. The van der Waals surface area contributed by atoms with Gasteiger partial charge in [0.15, 0.2) is 0 Å². The Morgan fingerprint density at radius 2 is 2.13 bits per heavy atom. The summed E-state index contributed by atoms with van der Waals surface area (Å²) >= 11 is 1.51. The number of aryl methyl sites for hydroxylation is 1. The summed E-state index contributed by atoms with van der Waals surface area (Å²) in [5, 5.41) is 15.8. The number of carboxylic acid groups (broad SMARTS) is 1. The number of carboxylic acids is 1. The first-order valence-corrected chi connectivity index (χ1v) is 8.49. The van der Waals surface area contributed by atoms with Crippen LogP contribution in [0.5, 0.6) is 0 Å². The maximum Gasteiger partial charge on any atom is 0.326 e. The summed E-state index contributed by atoms with van der Waals surface area (Å²) in [4.78, 5) is 25.7.